The molecule has 2 N–H and O–H groups in total. The summed E-state index contributed by atoms with van der Waals surface area (Å²) in [6.45, 7) is 3.24. The van der Waals surface area contributed by atoms with Crippen molar-refractivity contribution in [3.8, 4) is 5.69 Å². The zero-order valence-corrected chi connectivity index (χ0v) is 17.8. The number of hydrogen-bond acceptors (Lipinski definition) is 6. The Kier molecular flexibility index (Phi) is 5.12. The van der Waals surface area contributed by atoms with Gasteiger partial charge in [-0.1, -0.05) is 38.5 Å². The molecule has 0 aliphatic rings. The van der Waals surface area contributed by atoms with Gasteiger partial charge >= 0.3 is 0 Å². The van der Waals surface area contributed by atoms with Crippen LogP contribution >= 0.6 is 27.3 Å². The smallest absolute Gasteiger partial charge is 0.279 e. The zero-order chi connectivity index (χ0) is 20.5. The predicted octanol–water partition coefficient (Wildman–Crippen LogP) is 4.16. The third-order valence-electron chi connectivity index (χ3n) is 4.09. The molecular formula is C19H15BrN6O2S. The average molecular weight is 471 g/mol. The summed E-state index contributed by atoms with van der Waals surface area (Å²) in [6, 6.07) is 12.9. The summed E-state index contributed by atoms with van der Waals surface area (Å²) in [5.74, 6) is -0.531. The van der Waals surface area contributed by atoms with Crippen molar-refractivity contribution in [3.05, 3.63) is 58.3 Å². The summed E-state index contributed by atoms with van der Waals surface area (Å²) >= 11 is 4.74. The number of nitrogens with one attached hydrogen (secondary N) is 2. The number of fused-ring (bicyclic) bond motifs is 1. The summed E-state index contributed by atoms with van der Waals surface area (Å²) < 4.78 is 3.36. The van der Waals surface area contributed by atoms with E-state index in [0.29, 0.717) is 16.5 Å². The largest absolute Gasteiger partial charge is 0.326 e. The molecule has 0 spiro atoms. The molecule has 29 heavy (non-hydrogen) atoms. The van der Waals surface area contributed by atoms with Crippen molar-refractivity contribution < 1.29 is 9.59 Å². The fraction of sp³-hybridized carbons (Fsp3) is 0.105. The van der Waals surface area contributed by atoms with E-state index < -0.39 is 0 Å². The fourth-order valence-corrected chi connectivity index (χ4v) is 4.09. The second-order valence-electron chi connectivity index (χ2n) is 6.25. The predicted molar refractivity (Wildman–Crippen MR) is 116 cm³/mol. The summed E-state index contributed by atoms with van der Waals surface area (Å²) in [4.78, 5) is 28.3. The Hall–Kier alpha value is -3.11. The van der Waals surface area contributed by atoms with Gasteiger partial charge in [-0.2, -0.15) is 0 Å². The molecule has 2 aromatic heterocycles. The van der Waals surface area contributed by atoms with Crippen LogP contribution in [0.2, 0.25) is 0 Å². The first kappa shape index (κ1) is 19.2. The topological polar surface area (TPSA) is 102 Å². The van der Waals surface area contributed by atoms with Crippen LogP contribution < -0.4 is 10.6 Å². The van der Waals surface area contributed by atoms with Crippen LogP contribution in [0.4, 0.5) is 10.8 Å². The number of amides is 2. The lowest BCUT2D eigenvalue weighted by Crippen LogP contribution is -2.14. The molecule has 2 heterocycles. The van der Waals surface area contributed by atoms with Crippen LogP contribution in [0.1, 0.15) is 23.1 Å². The molecule has 10 heteroatoms. The highest BCUT2D eigenvalue weighted by atomic mass is 79.9. The van der Waals surface area contributed by atoms with Gasteiger partial charge in [0.15, 0.2) is 10.8 Å². The van der Waals surface area contributed by atoms with Crippen molar-refractivity contribution in [1.82, 2.24) is 20.0 Å². The monoisotopic (exact) mass is 470 g/mol. The minimum absolute atomic E-state index is 0.147. The lowest BCUT2D eigenvalue weighted by Gasteiger charge is -2.04. The Balaban J connectivity index is 1.57. The summed E-state index contributed by atoms with van der Waals surface area (Å²) in [7, 11) is 0. The van der Waals surface area contributed by atoms with Crippen LogP contribution in [0.25, 0.3) is 15.9 Å². The van der Waals surface area contributed by atoms with Gasteiger partial charge in [0.05, 0.1) is 21.6 Å². The van der Waals surface area contributed by atoms with E-state index in [9.17, 15) is 9.59 Å². The number of carbonyl (C=O) groups is 2. The summed E-state index contributed by atoms with van der Waals surface area (Å²) in [5, 5.41) is 14.1. The molecule has 146 valence electrons. The Bertz CT molecular complexity index is 1250. The molecule has 0 saturated carbocycles. The highest BCUT2D eigenvalue weighted by Crippen LogP contribution is 2.29. The van der Waals surface area contributed by atoms with Crippen molar-refractivity contribution in [1.29, 1.82) is 0 Å². The van der Waals surface area contributed by atoms with Gasteiger partial charge in [-0.3, -0.25) is 14.9 Å². The molecule has 0 atom stereocenters. The van der Waals surface area contributed by atoms with Crippen molar-refractivity contribution in [2.45, 2.75) is 13.8 Å². The van der Waals surface area contributed by atoms with Crippen LogP contribution in [0.3, 0.4) is 0 Å². The van der Waals surface area contributed by atoms with E-state index in [2.05, 4.69) is 41.9 Å². The quantitative estimate of drug-likeness (QED) is 0.466. The van der Waals surface area contributed by atoms with Crippen molar-refractivity contribution >= 4 is 60.1 Å². The second-order valence-corrected chi connectivity index (χ2v) is 8.20. The van der Waals surface area contributed by atoms with Crippen LogP contribution in [-0.4, -0.2) is 31.8 Å². The first-order valence-electron chi connectivity index (χ1n) is 8.58. The first-order chi connectivity index (χ1) is 13.9. The maximum Gasteiger partial charge on any atom is 0.279 e. The fourth-order valence-electron chi connectivity index (χ4n) is 2.81. The molecule has 2 aromatic carbocycles. The third-order valence-corrected chi connectivity index (χ3v) is 5.52. The molecule has 2 amide bonds. The van der Waals surface area contributed by atoms with Gasteiger partial charge in [0, 0.05) is 17.1 Å². The van der Waals surface area contributed by atoms with Gasteiger partial charge in [-0.05, 0) is 43.3 Å². The van der Waals surface area contributed by atoms with E-state index in [1.54, 1.807) is 23.7 Å². The van der Waals surface area contributed by atoms with E-state index in [1.165, 1.54) is 18.3 Å². The van der Waals surface area contributed by atoms with Crippen molar-refractivity contribution in [2.75, 3.05) is 10.6 Å². The Morgan fingerprint density at radius 2 is 1.97 bits per heavy atom. The number of carbonyl (C=O) groups excluding carboxylic acids is 2. The SMILES string of the molecule is CC(=O)Nc1ccc2nc(NC(=O)c3nnn(-c4cccc(Br)c4)c3C)sc2c1. The van der Waals surface area contributed by atoms with E-state index in [-0.39, 0.29) is 17.5 Å². The maximum absolute atomic E-state index is 12.7. The highest BCUT2D eigenvalue weighted by molar-refractivity contribution is 9.10. The molecule has 4 rings (SSSR count). The number of anilines is 2. The van der Waals surface area contributed by atoms with Crippen molar-refractivity contribution in [2.24, 2.45) is 0 Å². The summed E-state index contributed by atoms with van der Waals surface area (Å²) in [6.07, 6.45) is 0. The van der Waals surface area contributed by atoms with Crippen LogP contribution in [0, 0.1) is 6.92 Å². The molecule has 0 aliphatic carbocycles. The number of nitrogens with zero attached hydrogens (tertiary/aromatic N) is 4. The Morgan fingerprint density at radius 3 is 2.72 bits per heavy atom. The lowest BCUT2D eigenvalue weighted by molar-refractivity contribution is -0.114. The zero-order valence-electron chi connectivity index (χ0n) is 15.4. The first-order valence-corrected chi connectivity index (χ1v) is 10.2. The minimum atomic E-state index is -0.384. The van der Waals surface area contributed by atoms with E-state index in [1.807, 2.05) is 30.3 Å². The van der Waals surface area contributed by atoms with Crippen LogP contribution in [0.5, 0.6) is 0 Å². The summed E-state index contributed by atoms with van der Waals surface area (Å²) in [5.41, 5.74) is 3.06. The molecule has 0 saturated heterocycles. The number of halogens is 1. The number of benzene rings is 2. The lowest BCUT2D eigenvalue weighted by atomic mass is 10.3. The molecule has 0 unspecified atom stereocenters. The molecule has 0 bridgehead atoms. The third kappa shape index (κ3) is 4.03. The van der Waals surface area contributed by atoms with Gasteiger partial charge in [-0.25, -0.2) is 9.67 Å². The van der Waals surface area contributed by atoms with Crippen molar-refractivity contribution in [3.63, 3.8) is 0 Å². The molecule has 0 fully saturated rings. The van der Waals surface area contributed by atoms with Gasteiger partial charge in [0.25, 0.3) is 5.91 Å². The van der Waals surface area contributed by atoms with Gasteiger partial charge in [0.2, 0.25) is 5.91 Å². The molecular weight excluding hydrogens is 456 g/mol. The average Bonchev–Trinajstić information content (AvgIpc) is 3.23. The Morgan fingerprint density at radius 1 is 1.14 bits per heavy atom. The highest BCUT2D eigenvalue weighted by Gasteiger charge is 2.19. The molecule has 4 aromatic rings. The Labute approximate surface area is 178 Å². The van der Waals surface area contributed by atoms with Crippen LogP contribution in [0.15, 0.2) is 46.9 Å². The maximum atomic E-state index is 12.7. The number of thiazole rings is 1. The molecule has 8 nitrogen and oxygen atoms in total. The number of rotatable bonds is 4. The van der Waals surface area contributed by atoms with Crippen LogP contribution in [-0.2, 0) is 4.79 Å². The van der Waals surface area contributed by atoms with E-state index in [0.717, 1.165) is 20.4 Å². The van der Waals surface area contributed by atoms with Gasteiger partial charge < -0.3 is 5.32 Å². The second kappa shape index (κ2) is 7.72. The number of hydrogen-bond donors (Lipinski definition) is 2. The minimum Gasteiger partial charge on any atom is -0.326 e. The van der Waals surface area contributed by atoms with Gasteiger partial charge in [0.1, 0.15) is 0 Å². The molecule has 0 aliphatic heterocycles. The standard InChI is InChI=1S/C19H15BrN6O2S/c1-10-17(24-25-26(10)14-5-3-4-12(20)8-14)18(28)23-19-22-15-7-6-13(21-11(2)27)9-16(15)29-19/h3-9H,1-2H3,(H,21,27)(H,22,23,28). The van der Waals surface area contributed by atoms with Gasteiger partial charge in [-0.15, -0.1) is 5.10 Å². The number of aromatic nitrogens is 4. The van der Waals surface area contributed by atoms with E-state index in [4.69, 9.17) is 0 Å². The molecule has 0 radical (unpaired) electrons. The normalized spacial score (nSPS) is 10.9. The van der Waals surface area contributed by atoms with E-state index >= 15 is 0 Å².